The monoisotopic (exact) mass is 410 g/mol. The summed E-state index contributed by atoms with van der Waals surface area (Å²) in [5.41, 5.74) is 3.16. The summed E-state index contributed by atoms with van der Waals surface area (Å²) in [4.78, 5) is 26.3. The standard InChI is InChI=1S/C22H22N2O4S/c1-2-27-22(26)20-16-10-6-7-11-18(16)29-21(20)23-19(25)13-15-12-17(24-28-15)14-8-4-3-5-9-14/h3-5,8-9,12H,2,6-7,10-11,13H2,1H3,(H,23,25). The van der Waals surface area contributed by atoms with E-state index in [1.807, 2.05) is 30.3 Å². The Morgan fingerprint density at radius 1 is 1.21 bits per heavy atom. The van der Waals surface area contributed by atoms with E-state index in [2.05, 4.69) is 10.5 Å². The van der Waals surface area contributed by atoms with Gasteiger partial charge in [-0.2, -0.15) is 0 Å². The Bertz CT molecular complexity index is 1020. The number of hydrogen-bond acceptors (Lipinski definition) is 6. The van der Waals surface area contributed by atoms with Crippen molar-refractivity contribution >= 4 is 28.2 Å². The Morgan fingerprint density at radius 2 is 2.00 bits per heavy atom. The molecule has 2 aromatic heterocycles. The van der Waals surface area contributed by atoms with Crippen molar-refractivity contribution < 1.29 is 18.8 Å². The molecule has 29 heavy (non-hydrogen) atoms. The molecule has 0 aliphatic heterocycles. The van der Waals surface area contributed by atoms with Gasteiger partial charge in [0.2, 0.25) is 5.91 Å². The number of nitrogens with one attached hydrogen (secondary N) is 1. The molecule has 0 saturated heterocycles. The van der Waals surface area contributed by atoms with Crippen LogP contribution in [0.1, 0.15) is 46.3 Å². The van der Waals surface area contributed by atoms with Crippen molar-refractivity contribution in [2.75, 3.05) is 11.9 Å². The number of benzene rings is 1. The van der Waals surface area contributed by atoms with Gasteiger partial charge < -0.3 is 14.6 Å². The number of esters is 1. The van der Waals surface area contributed by atoms with Crippen LogP contribution in [0.25, 0.3) is 11.3 Å². The summed E-state index contributed by atoms with van der Waals surface area (Å²) < 4.78 is 10.6. The van der Waals surface area contributed by atoms with E-state index >= 15 is 0 Å². The van der Waals surface area contributed by atoms with Crippen LogP contribution in [0.2, 0.25) is 0 Å². The van der Waals surface area contributed by atoms with Gasteiger partial charge in [0.05, 0.1) is 18.6 Å². The first-order valence-electron chi connectivity index (χ1n) is 9.78. The number of hydrogen-bond donors (Lipinski definition) is 1. The maximum Gasteiger partial charge on any atom is 0.341 e. The lowest BCUT2D eigenvalue weighted by Crippen LogP contribution is -2.17. The van der Waals surface area contributed by atoms with Crippen molar-refractivity contribution in [3.8, 4) is 11.3 Å². The van der Waals surface area contributed by atoms with Gasteiger partial charge >= 0.3 is 5.97 Å². The SMILES string of the molecule is CCOC(=O)c1c(NC(=O)Cc2cc(-c3ccccc3)no2)sc2c1CCCC2. The molecule has 0 saturated carbocycles. The largest absolute Gasteiger partial charge is 0.462 e. The summed E-state index contributed by atoms with van der Waals surface area (Å²) in [6, 6.07) is 11.4. The van der Waals surface area contributed by atoms with Gasteiger partial charge in [-0.05, 0) is 38.2 Å². The number of nitrogens with zero attached hydrogens (tertiary/aromatic N) is 1. The molecule has 150 valence electrons. The zero-order valence-corrected chi connectivity index (χ0v) is 17.0. The maximum absolute atomic E-state index is 12.6. The fourth-order valence-electron chi connectivity index (χ4n) is 3.54. The third kappa shape index (κ3) is 4.24. The topological polar surface area (TPSA) is 81.4 Å². The van der Waals surface area contributed by atoms with Crippen LogP contribution in [0.5, 0.6) is 0 Å². The zero-order chi connectivity index (χ0) is 20.2. The molecule has 0 bridgehead atoms. The molecule has 1 aromatic carbocycles. The van der Waals surface area contributed by atoms with Crippen molar-refractivity contribution in [3.63, 3.8) is 0 Å². The van der Waals surface area contributed by atoms with Gasteiger partial charge in [-0.3, -0.25) is 4.79 Å². The van der Waals surface area contributed by atoms with Crippen LogP contribution in [0.3, 0.4) is 0 Å². The van der Waals surface area contributed by atoms with Crippen molar-refractivity contribution in [2.45, 2.75) is 39.0 Å². The molecule has 1 aliphatic carbocycles. The minimum absolute atomic E-state index is 0.0463. The highest BCUT2D eigenvalue weighted by Gasteiger charge is 2.27. The number of rotatable bonds is 6. The number of aryl methyl sites for hydroxylation is 1. The van der Waals surface area contributed by atoms with Gasteiger partial charge in [0.1, 0.15) is 16.5 Å². The molecule has 1 aliphatic rings. The van der Waals surface area contributed by atoms with Crippen LogP contribution in [0, 0.1) is 0 Å². The van der Waals surface area contributed by atoms with E-state index in [0.717, 1.165) is 36.8 Å². The maximum atomic E-state index is 12.6. The lowest BCUT2D eigenvalue weighted by molar-refractivity contribution is -0.115. The normalized spacial score (nSPS) is 13.0. The first kappa shape index (κ1) is 19.4. The highest BCUT2D eigenvalue weighted by molar-refractivity contribution is 7.17. The first-order valence-corrected chi connectivity index (χ1v) is 10.6. The minimum Gasteiger partial charge on any atom is -0.462 e. The summed E-state index contributed by atoms with van der Waals surface area (Å²) in [6.45, 7) is 2.08. The van der Waals surface area contributed by atoms with E-state index in [9.17, 15) is 9.59 Å². The van der Waals surface area contributed by atoms with Crippen molar-refractivity contribution in [3.05, 3.63) is 58.2 Å². The van der Waals surface area contributed by atoms with Crippen molar-refractivity contribution in [1.29, 1.82) is 0 Å². The fraction of sp³-hybridized carbons (Fsp3) is 0.318. The first-order chi connectivity index (χ1) is 14.2. The fourth-order valence-corrected chi connectivity index (χ4v) is 4.84. The third-order valence-corrected chi connectivity index (χ3v) is 6.07. The minimum atomic E-state index is -0.367. The van der Waals surface area contributed by atoms with Gasteiger partial charge in [-0.25, -0.2) is 4.79 Å². The molecular formula is C22H22N2O4S. The van der Waals surface area contributed by atoms with Gasteiger partial charge in [0.15, 0.2) is 0 Å². The molecule has 0 atom stereocenters. The molecule has 4 rings (SSSR count). The molecular weight excluding hydrogens is 388 g/mol. The second kappa shape index (κ2) is 8.61. The molecule has 2 heterocycles. The molecule has 0 spiro atoms. The second-order valence-corrected chi connectivity index (χ2v) is 8.01. The highest BCUT2D eigenvalue weighted by atomic mass is 32.1. The Labute approximate surface area is 172 Å². The van der Waals surface area contributed by atoms with Crippen LogP contribution in [0.4, 0.5) is 5.00 Å². The van der Waals surface area contributed by atoms with E-state index in [0.29, 0.717) is 28.6 Å². The number of fused-ring (bicyclic) bond motifs is 1. The van der Waals surface area contributed by atoms with Gasteiger partial charge in [0, 0.05) is 16.5 Å². The summed E-state index contributed by atoms with van der Waals surface area (Å²) >= 11 is 1.48. The molecule has 0 fully saturated rings. The highest BCUT2D eigenvalue weighted by Crippen LogP contribution is 2.38. The van der Waals surface area contributed by atoms with Gasteiger partial charge in [-0.15, -0.1) is 11.3 Å². The third-order valence-electron chi connectivity index (χ3n) is 4.87. The van der Waals surface area contributed by atoms with E-state index in [1.54, 1.807) is 13.0 Å². The average Bonchev–Trinajstić information content (AvgIpc) is 3.33. The summed E-state index contributed by atoms with van der Waals surface area (Å²) in [5, 5.41) is 7.51. The Kier molecular flexibility index (Phi) is 5.76. The lowest BCUT2D eigenvalue weighted by Gasteiger charge is -2.12. The van der Waals surface area contributed by atoms with Crippen LogP contribution >= 0.6 is 11.3 Å². The number of amides is 1. The van der Waals surface area contributed by atoms with Crippen LogP contribution in [0.15, 0.2) is 40.9 Å². The average molecular weight is 410 g/mol. The number of carbonyl (C=O) groups excluding carboxylic acids is 2. The summed E-state index contributed by atoms with van der Waals surface area (Å²) in [7, 11) is 0. The Morgan fingerprint density at radius 3 is 2.79 bits per heavy atom. The molecule has 1 N–H and O–H groups in total. The van der Waals surface area contributed by atoms with E-state index in [4.69, 9.17) is 9.26 Å². The predicted molar refractivity (Wildman–Crippen MR) is 111 cm³/mol. The molecule has 7 heteroatoms. The van der Waals surface area contributed by atoms with Crippen LogP contribution in [-0.4, -0.2) is 23.6 Å². The molecule has 1 amide bonds. The van der Waals surface area contributed by atoms with Gasteiger partial charge in [-0.1, -0.05) is 35.5 Å². The van der Waals surface area contributed by atoms with Crippen molar-refractivity contribution in [1.82, 2.24) is 5.16 Å². The predicted octanol–water partition coefficient (Wildman–Crippen LogP) is 4.64. The Hall–Kier alpha value is -2.93. The number of thiophene rings is 1. The van der Waals surface area contributed by atoms with E-state index < -0.39 is 0 Å². The molecule has 6 nitrogen and oxygen atoms in total. The Balaban J connectivity index is 1.51. The number of ether oxygens (including phenoxy) is 1. The zero-order valence-electron chi connectivity index (χ0n) is 16.2. The van der Waals surface area contributed by atoms with Crippen LogP contribution in [-0.2, 0) is 28.8 Å². The molecule has 0 radical (unpaired) electrons. The lowest BCUT2D eigenvalue weighted by atomic mass is 9.95. The number of anilines is 1. The number of aromatic nitrogens is 1. The summed E-state index contributed by atoms with van der Waals surface area (Å²) in [5.74, 6) is -0.140. The number of carbonyl (C=O) groups is 2. The molecule has 3 aromatic rings. The van der Waals surface area contributed by atoms with E-state index in [1.165, 1.54) is 16.2 Å². The van der Waals surface area contributed by atoms with Gasteiger partial charge in [0.25, 0.3) is 0 Å². The van der Waals surface area contributed by atoms with Crippen molar-refractivity contribution in [2.24, 2.45) is 0 Å². The molecule has 0 unspecified atom stereocenters. The van der Waals surface area contributed by atoms with E-state index in [-0.39, 0.29) is 18.3 Å². The summed E-state index contributed by atoms with van der Waals surface area (Å²) in [6.07, 6.45) is 3.97. The smallest absolute Gasteiger partial charge is 0.341 e. The van der Waals surface area contributed by atoms with Crippen LogP contribution < -0.4 is 5.32 Å². The quantitative estimate of drug-likeness (QED) is 0.599. The second-order valence-electron chi connectivity index (χ2n) is 6.90.